The van der Waals surface area contributed by atoms with Gasteiger partial charge in [0.1, 0.15) is 25.4 Å². The summed E-state index contributed by atoms with van der Waals surface area (Å²) in [6, 6.07) is 0. The van der Waals surface area contributed by atoms with Crippen LogP contribution in [0.25, 0.3) is 0 Å². The first-order valence-corrected chi connectivity index (χ1v) is 11.9. The van der Waals surface area contributed by atoms with E-state index in [9.17, 15) is 19.2 Å². The molecule has 0 aromatic rings. The number of hydrogen-bond acceptors (Lipinski definition) is 11. The summed E-state index contributed by atoms with van der Waals surface area (Å²) in [5.41, 5.74) is 0. The Morgan fingerprint density at radius 1 is 0.649 bits per heavy atom. The predicted molar refractivity (Wildman–Crippen MR) is 132 cm³/mol. The quantitative estimate of drug-likeness (QED) is 0.101. The zero-order chi connectivity index (χ0) is 28.1. The van der Waals surface area contributed by atoms with Crippen LogP contribution in [0.5, 0.6) is 0 Å². The average Bonchev–Trinajstić information content (AvgIpc) is 2.86. The van der Waals surface area contributed by atoms with E-state index in [1.54, 1.807) is 13.8 Å². The fourth-order valence-corrected chi connectivity index (χ4v) is 2.34. The summed E-state index contributed by atoms with van der Waals surface area (Å²) in [7, 11) is 0. The zero-order valence-corrected chi connectivity index (χ0v) is 22.0. The van der Waals surface area contributed by atoms with E-state index >= 15 is 0 Å². The van der Waals surface area contributed by atoms with Crippen molar-refractivity contribution in [3.63, 3.8) is 0 Å². The lowest BCUT2D eigenvalue weighted by Crippen LogP contribution is -2.33. The molecule has 4 atom stereocenters. The van der Waals surface area contributed by atoms with Crippen molar-refractivity contribution in [2.24, 2.45) is 0 Å². The van der Waals surface area contributed by atoms with Gasteiger partial charge in [0.2, 0.25) is 0 Å². The maximum absolute atomic E-state index is 11.7. The van der Waals surface area contributed by atoms with Crippen molar-refractivity contribution in [3.05, 3.63) is 25.3 Å². The third kappa shape index (κ3) is 20.7. The molecule has 0 rings (SSSR count). The Hall–Kier alpha value is -3.16. The molecule has 37 heavy (non-hydrogen) atoms. The van der Waals surface area contributed by atoms with Crippen LogP contribution in [0.1, 0.15) is 27.7 Å². The maximum Gasteiger partial charge on any atom is 0.407 e. The van der Waals surface area contributed by atoms with Gasteiger partial charge in [0.15, 0.2) is 0 Å². The molecule has 2 N–H and O–H groups in total. The molecule has 0 radical (unpaired) electrons. The first kappa shape index (κ1) is 33.8. The standard InChI is InChI=1S/C24H40N2O11/c1-7-21(27)32-11-9-25-23(29)36-19(5)14-31-13-17(3)34-15-18(4)35-16-20(6)37-24(30)26-10-12-33-22(28)8-2/h7-8,17-20H,1-2,9-16H2,3-6H3,(H,25,29)(H,26,30). The van der Waals surface area contributed by atoms with Crippen LogP contribution in [0.4, 0.5) is 9.59 Å². The van der Waals surface area contributed by atoms with Gasteiger partial charge in [0.05, 0.1) is 51.7 Å². The molecule has 0 saturated heterocycles. The first-order chi connectivity index (χ1) is 17.6. The van der Waals surface area contributed by atoms with Crippen LogP contribution in [0, 0.1) is 0 Å². The van der Waals surface area contributed by atoms with E-state index in [0.29, 0.717) is 6.61 Å². The smallest absolute Gasteiger partial charge is 0.407 e. The molecule has 0 saturated carbocycles. The van der Waals surface area contributed by atoms with Crippen molar-refractivity contribution in [2.45, 2.75) is 52.1 Å². The van der Waals surface area contributed by atoms with Gasteiger partial charge >= 0.3 is 24.1 Å². The number of rotatable bonds is 20. The number of amides is 2. The van der Waals surface area contributed by atoms with Crippen LogP contribution in [0.15, 0.2) is 25.3 Å². The van der Waals surface area contributed by atoms with Gasteiger partial charge in [-0.25, -0.2) is 19.2 Å². The number of alkyl carbamates (subject to hydrolysis) is 2. The second kappa shape index (κ2) is 21.0. The van der Waals surface area contributed by atoms with Crippen LogP contribution < -0.4 is 10.6 Å². The lowest BCUT2D eigenvalue weighted by atomic mass is 10.4. The summed E-state index contributed by atoms with van der Waals surface area (Å²) in [5.74, 6) is -1.14. The largest absolute Gasteiger partial charge is 0.461 e. The SMILES string of the molecule is C=CC(=O)OCCNC(=O)OC(C)COCC(C)OCC(C)OCC(C)OC(=O)NCCOC(=O)C=C. The topological polar surface area (TPSA) is 157 Å². The highest BCUT2D eigenvalue weighted by molar-refractivity contribution is 5.81. The number of carbonyl (C=O) groups is 4. The van der Waals surface area contributed by atoms with Gasteiger partial charge in [-0.05, 0) is 27.7 Å². The van der Waals surface area contributed by atoms with E-state index in [0.717, 1.165) is 12.2 Å². The highest BCUT2D eigenvalue weighted by Gasteiger charge is 2.14. The van der Waals surface area contributed by atoms with Gasteiger partial charge in [0.25, 0.3) is 0 Å². The van der Waals surface area contributed by atoms with Crippen molar-refractivity contribution >= 4 is 24.1 Å². The van der Waals surface area contributed by atoms with Crippen LogP contribution in [-0.2, 0) is 42.7 Å². The summed E-state index contributed by atoms with van der Waals surface area (Å²) < 4.78 is 36.6. The van der Waals surface area contributed by atoms with Crippen LogP contribution in [0.3, 0.4) is 0 Å². The first-order valence-electron chi connectivity index (χ1n) is 11.9. The Morgan fingerprint density at radius 2 is 1.03 bits per heavy atom. The van der Waals surface area contributed by atoms with E-state index in [1.165, 1.54) is 0 Å². The van der Waals surface area contributed by atoms with Crippen molar-refractivity contribution in [3.8, 4) is 0 Å². The average molecular weight is 533 g/mol. The van der Waals surface area contributed by atoms with Gasteiger partial charge in [-0.15, -0.1) is 0 Å². The molecule has 0 aromatic heterocycles. The Morgan fingerprint density at radius 3 is 1.49 bits per heavy atom. The molecule has 0 spiro atoms. The van der Waals surface area contributed by atoms with Crippen LogP contribution in [-0.4, -0.2) is 101 Å². The molecule has 0 aromatic carbocycles. The summed E-state index contributed by atoms with van der Waals surface area (Å²) in [5, 5.41) is 4.91. The lowest BCUT2D eigenvalue weighted by Gasteiger charge is -2.20. The molecule has 0 heterocycles. The summed E-state index contributed by atoms with van der Waals surface area (Å²) in [6.45, 7) is 14.7. The molecule has 2 amide bonds. The molecule has 13 heteroatoms. The minimum absolute atomic E-state index is 0.0129. The van der Waals surface area contributed by atoms with Crippen molar-refractivity contribution in [1.82, 2.24) is 10.6 Å². The third-order valence-electron chi connectivity index (χ3n) is 4.12. The van der Waals surface area contributed by atoms with Crippen LogP contribution >= 0.6 is 0 Å². The minimum Gasteiger partial charge on any atom is -0.461 e. The Bertz CT molecular complexity index is 717. The Kier molecular flexibility index (Phi) is 19.2. The Labute approximate surface area is 217 Å². The van der Waals surface area contributed by atoms with E-state index in [-0.39, 0.29) is 58.3 Å². The van der Waals surface area contributed by atoms with Gasteiger partial charge in [-0.3, -0.25) is 0 Å². The highest BCUT2D eigenvalue weighted by Crippen LogP contribution is 2.02. The van der Waals surface area contributed by atoms with E-state index in [4.69, 9.17) is 33.2 Å². The fraction of sp³-hybridized carbons (Fsp3) is 0.667. The molecule has 0 aliphatic heterocycles. The number of carbonyl (C=O) groups excluding carboxylic acids is 4. The predicted octanol–water partition coefficient (Wildman–Crippen LogP) is 1.50. The van der Waals surface area contributed by atoms with Crippen molar-refractivity contribution < 1.29 is 52.3 Å². The number of nitrogens with one attached hydrogen (secondary N) is 2. The van der Waals surface area contributed by atoms with E-state index < -0.39 is 36.3 Å². The lowest BCUT2D eigenvalue weighted by molar-refractivity contribution is -0.138. The molecular weight excluding hydrogens is 492 g/mol. The molecule has 0 aliphatic carbocycles. The molecule has 212 valence electrons. The van der Waals surface area contributed by atoms with Gasteiger partial charge < -0.3 is 43.8 Å². The molecule has 0 bridgehead atoms. The van der Waals surface area contributed by atoms with Crippen molar-refractivity contribution in [2.75, 3.05) is 52.7 Å². The fourth-order valence-electron chi connectivity index (χ4n) is 2.34. The Balaban J connectivity index is 3.84. The van der Waals surface area contributed by atoms with Crippen LogP contribution in [0.2, 0.25) is 0 Å². The second-order valence-electron chi connectivity index (χ2n) is 7.85. The summed E-state index contributed by atoms with van der Waals surface area (Å²) in [6.07, 6.45) is -0.713. The minimum atomic E-state index is -0.648. The zero-order valence-electron chi connectivity index (χ0n) is 22.0. The normalized spacial score (nSPS) is 13.7. The highest BCUT2D eigenvalue weighted by atomic mass is 16.6. The molecule has 13 nitrogen and oxygen atoms in total. The molecule has 0 aliphatic rings. The summed E-state index contributed by atoms with van der Waals surface area (Å²) in [4.78, 5) is 45.2. The van der Waals surface area contributed by atoms with Gasteiger partial charge in [0, 0.05) is 12.2 Å². The monoisotopic (exact) mass is 532 g/mol. The van der Waals surface area contributed by atoms with Crippen molar-refractivity contribution in [1.29, 1.82) is 0 Å². The number of hydrogen-bond donors (Lipinski definition) is 2. The third-order valence-corrected chi connectivity index (χ3v) is 4.12. The molecule has 0 fully saturated rings. The second-order valence-corrected chi connectivity index (χ2v) is 7.85. The van der Waals surface area contributed by atoms with E-state index in [1.807, 2.05) is 13.8 Å². The van der Waals surface area contributed by atoms with E-state index in [2.05, 4.69) is 23.8 Å². The number of ether oxygens (including phenoxy) is 7. The van der Waals surface area contributed by atoms with Gasteiger partial charge in [-0.2, -0.15) is 0 Å². The summed E-state index contributed by atoms with van der Waals surface area (Å²) >= 11 is 0. The maximum atomic E-state index is 11.7. The van der Waals surface area contributed by atoms with Gasteiger partial charge in [-0.1, -0.05) is 13.2 Å². The number of esters is 2. The molecule has 4 unspecified atom stereocenters. The molecular formula is C24H40N2O11.